The second-order valence-corrected chi connectivity index (χ2v) is 10.6. The number of hydrogen-bond acceptors (Lipinski definition) is 8. The normalized spacial score (nSPS) is 14.9. The van der Waals surface area contributed by atoms with E-state index in [4.69, 9.17) is 15.8 Å². The molecule has 0 bridgehead atoms. The van der Waals surface area contributed by atoms with Crippen LogP contribution in [0.25, 0.3) is 32.6 Å². The van der Waals surface area contributed by atoms with Crippen LogP contribution in [0.3, 0.4) is 0 Å². The third-order valence-electron chi connectivity index (χ3n) is 5.63. The molecule has 7 nitrogen and oxygen atoms in total. The van der Waals surface area contributed by atoms with Crippen molar-refractivity contribution < 1.29 is 9.32 Å². The van der Waals surface area contributed by atoms with Crippen LogP contribution in [-0.2, 0) is 10.8 Å². The van der Waals surface area contributed by atoms with Gasteiger partial charge < -0.3 is 16.2 Å². The molecule has 9 heteroatoms. The molecule has 0 radical (unpaired) electrons. The van der Waals surface area contributed by atoms with Crippen molar-refractivity contribution in [2.45, 2.75) is 28.7 Å². The van der Waals surface area contributed by atoms with Gasteiger partial charge in [0.1, 0.15) is 9.04 Å². The lowest BCUT2D eigenvalue weighted by Gasteiger charge is -2.23. The van der Waals surface area contributed by atoms with E-state index in [0.29, 0.717) is 18.2 Å². The van der Waals surface area contributed by atoms with Crippen LogP contribution < -0.4 is 11.1 Å². The standard InChI is InChI=1S/C23H23N5O2S2/c24-20-19-17(14-5-2-1-3-6-14)11-18(15-12-26-23(27-13-15)25-9-10-29)28-21(19)31-22(20)32(30)16-7-4-8-16/h1-3,5-6,11-13,16,29H,4,7-10,24H2,(H,25,26,27)/t32-/m1/s1. The summed E-state index contributed by atoms with van der Waals surface area (Å²) in [7, 11) is -1.11. The molecule has 4 aromatic rings. The van der Waals surface area contributed by atoms with Gasteiger partial charge in [-0.05, 0) is 30.0 Å². The molecule has 1 aliphatic carbocycles. The van der Waals surface area contributed by atoms with Crippen LogP contribution in [0.4, 0.5) is 11.6 Å². The fourth-order valence-electron chi connectivity index (χ4n) is 3.70. The zero-order valence-electron chi connectivity index (χ0n) is 17.3. The molecule has 1 atom stereocenters. The molecule has 1 aromatic carbocycles. The van der Waals surface area contributed by atoms with Gasteiger partial charge in [0.2, 0.25) is 5.95 Å². The monoisotopic (exact) mass is 465 g/mol. The van der Waals surface area contributed by atoms with Gasteiger partial charge in [-0.1, -0.05) is 36.8 Å². The van der Waals surface area contributed by atoms with E-state index in [2.05, 4.69) is 15.3 Å². The van der Waals surface area contributed by atoms with Crippen molar-refractivity contribution in [2.24, 2.45) is 0 Å². The van der Waals surface area contributed by atoms with Crippen molar-refractivity contribution in [3.05, 3.63) is 48.8 Å². The molecular weight excluding hydrogens is 442 g/mol. The Hall–Kier alpha value is -2.88. The summed E-state index contributed by atoms with van der Waals surface area (Å²) in [6.45, 7) is 0.394. The van der Waals surface area contributed by atoms with Crippen LogP contribution in [0, 0.1) is 0 Å². The van der Waals surface area contributed by atoms with Crippen LogP contribution in [0.2, 0.25) is 0 Å². The van der Waals surface area contributed by atoms with E-state index in [0.717, 1.165) is 56.1 Å². The molecule has 164 valence electrons. The number of rotatable bonds is 7. The van der Waals surface area contributed by atoms with E-state index in [9.17, 15) is 4.21 Å². The summed E-state index contributed by atoms with van der Waals surface area (Å²) in [5, 5.41) is 12.9. The second kappa shape index (κ2) is 8.93. The van der Waals surface area contributed by atoms with Crippen molar-refractivity contribution in [3.63, 3.8) is 0 Å². The Morgan fingerprint density at radius 3 is 2.56 bits per heavy atom. The minimum atomic E-state index is -1.11. The number of anilines is 2. The maximum absolute atomic E-state index is 13.1. The third-order valence-corrected chi connectivity index (χ3v) is 8.93. The van der Waals surface area contributed by atoms with Crippen molar-refractivity contribution in [1.82, 2.24) is 15.0 Å². The number of aliphatic hydroxyl groups is 1. The van der Waals surface area contributed by atoms with E-state index in [1.807, 2.05) is 36.4 Å². The quantitative estimate of drug-likeness (QED) is 0.377. The molecule has 0 unspecified atom stereocenters. The highest BCUT2D eigenvalue weighted by Crippen LogP contribution is 2.44. The molecule has 1 saturated carbocycles. The van der Waals surface area contributed by atoms with Gasteiger partial charge in [0, 0.05) is 35.1 Å². The van der Waals surface area contributed by atoms with Gasteiger partial charge in [-0.3, -0.25) is 4.21 Å². The highest BCUT2D eigenvalue weighted by atomic mass is 32.2. The Morgan fingerprint density at radius 2 is 1.91 bits per heavy atom. The number of hydrogen-bond donors (Lipinski definition) is 3. The largest absolute Gasteiger partial charge is 0.396 e. The molecule has 1 fully saturated rings. The maximum Gasteiger partial charge on any atom is 0.222 e. The lowest BCUT2D eigenvalue weighted by molar-refractivity contribution is 0.311. The number of thiophene rings is 1. The molecule has 0 spiro atoms. The van der Waals surface area contributed by atoms with Crippen molar-refractivity contribution in [3.8, 4) is 22.4 Å². The fraction of sp³-hybridized carbons (Fsp3) is 0.261. The lowest BCUT2D eigenvalue weighted by atomic mass is 10.00. The van der Waals surface area contributed by atoms with Crippen LogP contribution in [0.1, 0.15) is 19.3 Å². The van der Waals surface area contributed by atoms with Gasteiger partial charge in [0.15, 0.2) is 0 Å². The van der Waals surface area contributed by atoms with E-state index in [1.54, 1.807) is 12.4 Å². The number of benzene rings is 1. The van der Waals surface area contributed by atoms with Crippen LogP contribution in [0.5, 0.6) is 0 Å². The third kappa shape index (κ3) is 3.87. The molecule has 0 saturated heterocycles. The maximum atomic E-state index is 13.1. The summed E-state index contributed by atoms with van der Waals surface area (Å²) in [5.74, 6) is 0.450. The predicted molar refractivity (Wildman–Crippen MR) is 130 cm³/mol. The highest BCUT2D eigenvalue weighted by Gasteiger charge is 2.29. The second-order valence-electron chi connectivity index (χ2n) is 7.70. The zero-order chi connectivity index (χ0) is 22.1. The van der Waals surface area contributed by atoms with Gasteiger partial charge in [-0.15, -0.1) is 11.3 Å². The molecule has 3 heterocycles. The number of nitrogens with zero attached hydrogens (tertiary/aromatic N) is 3. The van der Waals surface area contributed by atoms with Crippen LogP contribution in [-0.4, -0.2) is 42.7 Å². The molecule has 0 amide bonds. The average molecular weight is 466 g/mol. The van der Waals surface area contributed by atoms with Crippen LogP contribution >= 0.6 is 11.3 Å². The number of aromatic nitrogens is 3. The van der Waals surface area contributed by atoms with Crippen molar-refractivity contribution in [1.29, 1.82) is 0 Å². The van der Waals surface area contributed by atoms with Gasteiger partial charge in [-0.2, -0.15) is 0 Å². The van der Waals surface area contributed by atoms with E-state index >= 15 is 0 Å². The van der Waals surface area contributed by atoms with E-state index in [-0.39, 0.29) is 11.9 Å². The number of nitrogens with two attached hydrogens (primary N) is 1. The Bertz CT molecular complexity index is 1270. The van der Waals surface area contributed by atoms with Gasteiger partial charge >= 0.3 is 0 Å². The van der Waals surface area contributed by atoms with Crippen molar-refractivity contribution >= 4 is 44.0 Å². The first-order chi connectivity index (χ1) is 15.7. The highest BCUT2D eigenvalue weighted by molar-refractivity contribution is 7.88. The minimum Gasteiger partial charge on any atom is -0.396 e. The number of aliphatic hydroxyl groups excluding tert-OH is 1. The molecule has 0 aliphatic heterocycles. The Balaban J connectivity index is 1.64. The topological polar surface area (TPSA) is 114 Å². The summed E-state index contributed by atoms with van der Waals surface area (Å²) >= 11 is 1.42. The predicted octanol–water partition coefficient (Wildman–Crippen LogP) is 4.07. The molecule has 3 aromatic heterocycles. The Kier molecular flexibility index (Phi) is 5.86. The zero-order valence-corrected chi connectivity index (χ0v) is 19.0. The van der Waals surface area contributed by atoms with Crippen LogP contribution in [0.15, 0.2) is 53.0 Å². The number of nitrogen functional groups attached to an aromatic ring is 1. The lowest BCUT2D eigenvalue weighted by Crippen LogP contribution is -2.23. The van der Waals surface area contributed by atoms with E-state index < -0.39 is 10.8 Å². The molecule has 4 N–H and O–H groups in total. The summed E-state index contributed by atoms with van der Waals surface area (Å²) in [6, 6.07) is 12.0. The first-order valence-electron chi connectivity index (χ1n) is 10.5. The summed E-state index contributed by atoms with van der Waals surface area (Å²) in [6.07, 6.45) is 6.51. The SMILES string of the molecule is Nc1c([S@](=O)C2CCC2)sc2nc(-c3cnc(NCCO)nc3)cc(-c3ccccc3)c12. The average Bonchev–Trinajstić information content (AvgIpc) is 3.13. The molecule has 32 heavy (non-hydrogen) atoms. The van der Waals surface area contributed by atoms with Gasteiger partial charge in [0.05, 0.1) is 28.8 Å². The van der Waals surface area contributed by atoms with Crippen molar-refractivity contribution in [2.75, 3.05) is 24.2 Å². The number of pyridine rings is 1. The molecule has 1 aliphatic rings. The summed E-state index contributed by atoms with van der Waals surface area (Å²) in [5.41, 5.74) is 10.6. The first kappa shape index (κ1) is 21.0. The Morgan fingerprint density at radius 1 is 1.16 bits per heavy atom. The minimum absolute atomic E-state index is 0.00807. The molecule has 5 rings (SSSR count). The van der Waals surface area contributed by atoms with Gasteiger partial charge in [-0.25, -0.2) is 15.0 Å². The fourth-order valence-corrected chi connectivity index (χ4v) is 6.91. The summed E-state index contributed by atoms with van der Waals surface area (Å²) < 4.78 is 13.8. The summed E-state index contributed by atoms with van der Waals surface area (Å²) in [4.78, 5) is 14.3. The number of nitrogens with one attached hydrogen (secondary N) is 1. The Labute approximate surface area is 192 Å². The molecular formula is C23H23N5O2S2. The number of fused-ring (bicyclic) bond motifs is 1. The van der Waals surface area contributed by atoms with E-state index in [1.165, 1.54) is 11.3 Å². The first-order valence-corrected chi connectivity index (χ1v) is 12.5. The van der Waals surface area contributed by atoms with Gasteiger partial charge in [0.25, 0.3) is 0 Å². The smallest absolute Gasteiger partial charge is 0.222 e.